The van der Waals surface area contributed by atoms with Crippen molar-refractivity contribution in [1.82, 2.24) is 0 Å². The number of azo groups is 1. The fourth-order valence-electron chi connectivity index (χ4n) is 4.32. The van der Waals surface area contributed by atoms with Gasteiger partial charge in [-0.2, -0.15) is 10.2 Å². The Morgan fingerprint density at radius 1 is 0.735 bits per heavy atom. The molecule has 0 fully saturated rings. The highest BCUT2D eigenvalue weighted by Gasteiger charge is 2.21. The second-order valence-corrected chi connectivity index (χ2v) is 8.24. The molecule has 1 heterocycles. The predicted octanol–water partition coefficient (Wildman–Crippen LogP) is 6.71. The highest BCUT2D eigenvalue weighted by Crippen LogP contribution is 2.38. The summed E-state index contributed by atoms with van der Waals surface area (Å²) in [6, 6.07) is 30.6. The van der Waals surface area contributed by atoms with E-state index in [9.17, 15) is 0 Å². The molecular weight excluding hydrogens is 418 g/mol. The Morgan fingerprint density at radius 3 is 2.15 bits per heavy atom. The minimum Gasteiger partial charge on any atom is -0.456 e. The van der Waals surface area contributed by atoms with E-state index in [0.29, 0.717) is 0 Å². The average molecular weight is 446 g/mol. The van der Waals surface area contributed by atoms with Crippen molar-refractivity contribution in [2.75, 3.05) is 18.0 Å². The maximum atomic E-state index is 6.38. The number of hydrogen-bond acceptors (Lipinski definition) is 4. The summed E-state index contributed by atoms with van der Waals surface area (Å²) in [7, 11) is 0. The van der Waals surface area contributed by atoms with Crippen LogP contribution in [0.2, 0.25) is 0 Å². The Morgan fingerprint density at radius 2 is 1.44 bits per heavy atom. The molecule has 0 radical (unpaired) electrons. The highest BCUT2D eigenvalue weighted by molar-refractivity contribution is 5.86. The minimum atomic E-state index is 0.811. The zero-order chi connectivity index (χ0) is 23.5. The molecule has 0 aromatic heterocycles. The number of hydrogen-bond donors (Lipinski definition) is 0. The van der Waals surface area contributed by atoms with Gasteiger partial charge in [0.2, 0.25) is 0 Å². The van der Waals surface area contributed by atoms with E-state index in [0.717, 1.165) is 68.8 Å². The summed E-state index contributed by atoms with van der Waals surface area (Å²) >= 11 is 0. The second kappa shape index (κ2) is 9.36. The van der Waals surface area contributed by atoms with Gasteiger partial charge in [-0.1, -0.05) is 49.0 Å². The zero-order valence-electron chi connectivity index (χ0n) is 19.5. The first-order valence-electron chi connectivity index (χ1n) is 11.6. The quantitative estimate of drug-likeness (QED) is 0.272. The topological polar surface area (TPSA) is 37.2 Å². The van der Waals surface area contributed by atoms with Crippen LogP contribution in [0.25, 0.3) is 12.2 Å². The average Bonchev–Trinajstić information content (AvgIpc) is 2.87. The molecule has 4 aromatic rings. The molecule has 0 saturated carbocycles. The normalized spacial score (nSPS) is 12.2. The molecule has 1 aliphatic rings. The van der Waals surface area contributed by atoms with Gasteiger partial charge in [0.05, 0.1) is 11.4 Å². The van der Waals surface area contributed by atoms with Crippen molar-refractivity contribution in [1.29, 1.82) is 0 Å². The number of anilines is 1. The monoisotopic (exact) mass is 445 g/mol. The molecule has 4 heteroatoms. The van der Waals surface area contributed by atoms with Gasteiger partial charge in [0.25, 0.3) is 0 Å². The van der Waals surface area contributed by atoms with E-state index in [1.165, 1.54) is 0 Å². The lowest BCUT2D eigenvalue weighted by molar-refractivity contribution is 0.472. The Labute approximate surface area is 200 Å². The Hall–Kier alpha value is -4.18. The molecule has 0 aliphatic carbocycles. The van der Waals surface area contributed by atoms with Crippen LogP contribution in [0.4, 0.5) is 17.1 Å². The standard InChI is InChI=1S/C30H27N3O/c1-4-33(5-2)25-16-18-27-29(20-25)34-28-19-21(3)11-17-26(28)30(27)22-12-14-24(15-13-22)32-31-23-9-7-6-8-10-23/h6-20H,3-5H2,1-2H3. The molecule has 0 unspecified atom stereocenters. The van der Waals surface area contributed by atoms with Gasteiger partial charge in [-0.15, -0.1) is 0 Å². The smallest absolute Gasteiger partial charge is 0.137 e. The molecule has 0 N–H and O–H groups in total. The molecule has 5 rings (SSSR count). The highest BCUT2D eigenvalue weighted by atomic mass is 16.5. The molecule has 0 amide bonds. The van der Waals surface area contributed by atoms with Gasteiger partial charge in [0, 0.05) is 41.2 Å². The molecule has 1 aliphatic heterocycles. The molecule has 168 valence electrons. The minimum absolute atomic E-state index is 0.811. The van der Waals surface area contributed by atoms with Gasteiger partial charge in [-0.3, -0.25) is 0 Å². The van der Waals surface area contributed by atoms with Gasteiger partial charge < -0.3 is 9.64 Å². The van der Waals surface area contributed by atoms with E-state index >= 15 is 0 Å². The van der Waals surface area contributed by atoms with E-state index in [4.69, 9.17) is 4.74 Å². The van der Waals surface area contributed by atoms with Crippen molar-refractivity contribution in [2.24, 2.45) is 10.2 Å². The number of benzene rings is 4. The molecule has 0 bridgehead atoms. The summed E-state index contributed by atoms with van der Waals surface area (Å²) in [5, 5.41) is 10.7. The van der Waals surface area contributed by atoms with Crippen LogP contribution in [-0.4, -0.2) is 13.1 Å². The van der Waals surface area contributed by atoms with Crippen LogP contribution >= 0.6 is 0 Å². The SMILES string of the molecule is C=c1ccc2c(c1)Oc1cc(N(CC)CC)ccc1C=2c1ccc(N=Nc2ccccc2)cc1. The maximum absolute atomic E-state index is 6.38. The summed E-state index contributed by atoms with van der Waals surface area (Å²) in [6.45, 7) is 10.3. The first kappa shape index (κ1) is 21.7. The van der Waals surface area contributed by atoms with Crippen LogP contribution in [-0.2, 0) is 0 Å². The van der Waals surface area contributed by atoms with Crippen LogP contribution in [0.5, 0.6) is 11.5 Å². The molecule has 4 aromatic carbocycles. The van der Waals surface area contributed by atoms with E-state index in [-0.39, 0.29) is 0 Å². The van der Waals surface area contributed by atoms with Crippen LogP contribution in [0, 0.1) is 0 Å². The summed E-state index contributed by atoms with van der Waals surface area (Å²) in [5.74, 6) is 1.70. The lowest BCUT2D eigenvalue weighted by Crippen LogP contribution is -2.23. The number of fused-ring (bicyclic) bond motifs is 2. The van der Waals surface area contributed by atoms with Crippen molar-refractivity contribution in [3.05, 3.63) is 113 Å². The third-order valence-corrected chi connectivity index (χ3v) is 6.09. The molecule has 4 nitrogen and oxygen atoms in total. The summed E-state index contributed by atoms with van der Waals surface area (Å²) < 4.78 is 6.38. The lowest BCUT2D eigenvalue weighted by Gasteiger charge is -2.25. The van der Waals surface area contributed by atoms with Crippen molar-refractivity contribution in [3.8, 4) is 11.5 Å². The largest absolute Gasteiger partial charge is 0.456 e. The molecule has 0 spiro atoms. The fraction of sp³-hybridized carbons (Fsp3) is 0.133. The number of nitrogens with zero attached hydrogens (tertiary/aromatic N) is 3. The van der Waals surface area contributed by atoms with Gasteiger partial charge in [0.15, 0.2) is 0 Å². The fourth-order valence-corrected chi connectivity index (χ4v) is 4.32. The van der Waals surface area contributed by atoms with Crippen LogP contribution in [0.15, 0.2) is 101 Å². The zero-order valence-corrected chi connectivity index (χ0v) is 19.5. The lowest BCUT2D eigenvalue weighted by atomic mass is 9.92. The third-order valence-electron chi connectivity index (χ3n) is 6.09. The maximum Gasteiger partial charge on any atom is 0.137 e. The first-order chi connectivity index (χ1) is 16.7. The van der Waals surface area contributed by atoms with Crippen molar-refractivity contribution < 1.29 is 4.74 Å². The molecule has 0 atom stereocenters. The summed E-state index contributed by atoms with van der Waals surface area (Å²) in [4.78, 5) is 2.32. The van der Waals surface area contributed by atoms with Crippen LogP contribution in [0.3, 0.4) is 0 Å². The van der Waals surface area contributed by atoms with Crippen molar-refractivity contribution in [2.45, 2.75) is 13.8 Å². The third kappa shape index (κ3) is 4.23. The van der Waals surface area contributed by atoms with Gasteiger partial charge in [0.1, 0.15) is 11.5 Å². The van der Waals surface area contributed by atoms with E-state index < -0.39 is 0 Å². The number of ether oxygens (including phenoxy) is 1. The van der Waals surface area contributed by atoms with Crippen molar-refractivity contribution in [3.63, 3.8) is 0 Å². The molecular formula is C30H27N3O. The Balaban J connectivity index is 1.59. The van der Waals surface area contributed by atoms with Gasteiger partial charge in [-0.05, 0) is 67.1 Å². The first-order valence-corrected chi connectivity index (χ1v) is 11.6. The Bertz CT molecular complexity index is 1450. The van der Waals surface area contributed by atoms with Gasteiger partial charge >= 0.3 is 0 Å². The van der Waals surface area contributed by atoms with Crippen LogP contribution in [0.1, 0.15) is 25.0 Å². The van der Waals surface area contributed by atoms with Gasteiger partial charge in [-0.25, -0.2) is 0 Å². The Kier molecular flexibility index (Phi) is 5.96. The van der Waals surface area contributed by atoms with Crippen molar-refractivity contribution >= 4 is 29.2 Å². The predicted molar refractivity (Wildman–Crippen MR) is 140 cm³/mol. The van der Waals surface area contributed by atoms with E-state index in [1.807, 2.05) is 54.6 Å². The van der Waals surface area contributed by atoms with E-state index in [1.54, 1.807) is 0 Å². The number of rotatable bonds is 6. The summed E-state index contributed by atoms with van der Waals surface area (Å²) in [6.07, 6.45) is 0. The molecule has 34 heavy (non-hydrogen) atoms. The van der Waals surface area contributed by atoms with E-state index in [2.05, 4.69) is 72.0 Å². The molecule has 0 saturated heterocycles. The van der Waals surface area contributed by atoms with Crippen LogP contribution < -0.4 is 20.1 Å². The summed E-state index contributed by atoms with van der Waals surface area (Å²) in [5.41, 5.74) is 6.14. The second-order valence-electron chi connectivity index (χ2n) is 8.24.